The summed E-state index contributed by atoms with van der Waals surface area (Å²) in [6.07, 6.45) is 2.19. The zero-order chi connectivity index (χ0) is 12.3. The highest BCUT2D eigenvalue weighted by molar-refractivity contribution is 5.35. The number of rotatable bonds is 3. The molecule has 0 radical (unpaired) electrons. The first kappa shape index (κ1) is 12.6. The molecule has 0 saturated heterocycles. The molecule has 1 aliphatic rings. The van der Waals surface area contributed by atoms with Crippen molar-refractivity contribution in [3.05, 3.63) is 34.9 Å². The molecule has 2 rings (SSSR count). The number of ether oxygens (including phenoxy) is 1. The van der Waals surface area contributed by atoms with Crippen LogP contribution in [0, 0.1) is 5.92 Å². The Morgan fingerprint density at radius 3 is 2.94 bits per heavy atom. The molecule has 0 saturated carbocycles. The van der Waals surface area contributed by atoms with Crippen LogP contribution >= 0.6 is 0 Å². The third-order valence-corrected chi connectivity index (χ3v) is 3.38. The van der Waals surface area contributed by atoms with Crippen LogP contribution in [0.2, 0.25) is 0 Å². The lowest BCUT2D eigenvalue weighted by molar-refractivity contribution is 0.123. The van der Waals surface area contributed by atoms with Crippen molar-refractivity contribution in [2.45, 2.75) is 32.7 Å². The minimum atomic E-state index is 0.347. The summed E-state index contributed by atoms with van der Waals surface area (Å²) in [7, 11) is 2.01. The van der Waals surface area contributed by atoms with Gasteiger partial charge >= 0.3 is 0 Å². The largest absolute Gasteiger partial charge is 0.379 e. The van der Waals surface area contributed by atoms with Crippen LogP contribution in [-0.2, 0) is 17.6 Å². The number of nitrogens with one attached hydrogen (secondary N) is 1. The normalized spacial score (nSPS) is 20.1. The number of fused-ring (bicyclic) bond motifs is 1. The van der Waals surface area contributed by atoms with Crippen molar-refractivity contribution in [3.63, 3.8) is 0 Å². The summed E-state index contributed by atoms with van der Waals surface area (Å²) < 4.78 is 5.64. The van der Waals surface area contributed by atoms with Crippen LogP contribution in [0.1, 0.15) is 36.6 Å². The van der Waals surface area contributed by atoms with Gasteiger partial charge in [-0.05, 0) is 42.5 Å². The van der Waals surface area contributed by atoms with Crippen molar-refractivity contribution in [2.24, 2.45) is 5.92 Å². The van der Waals surface area contributed by atoms with Gasteiger partial charge in [-0.3, -0.25) is 0 Å². The van der Waals surface area contributed by atoms with Gasteiger partial charge in [0.25, 0.3) is 0 Å². The molecule has 1 aromatic rings. The number of benzene rings is 1. The molecule has 1 aliphatic heterocycles. The van der Waals surface area contributed by atoms with Gasteiger partial charge in [-0.1, -0.05) is 32.0 Å². The third kappa shape index (κ3) is 3.08. The first-order valence-corrected chi connectivity index (χ1v) is 6.57. The summed E-state index contributed by atoms with van der Waals surface area (Å²) in [5.41, 5.74) is 4.32. The van der Waals surface area contributed by atoms with Crippen LogP contribution in [0.3, 0.4) is 0 Å². The third-order valence-electron chi connectivity index (χ3n) is 3.38. The molecule has 2 heteroatoms. The zero-order valence-corrected chi connectivity index (χ0v) is 11.1. The van der Waals surface area contributed by atoms with E-state index >= 15 is 0 Å². The first-order chi connectivity index (χ1) is 8.20. The standard InChI is InChI=1S/C15H23NO/c1-11(2)8-12-4-5-13-6-7-17-10-15(16-3)14(13)9-12/h4-5,9,11,15-16H,6-8,10H2,1-3H3. The molecule has 0 fully saturated rings. The Kier molecular flexibility index (Phi) is 4.19. The molecule has 1 heterocycles. The highest BCUT2D eigenvalue weighted by atomic mass is 16.5. The molecule has 1 N–H and O–H groups in total. The number of likely N-dealkylation sites (N-methyl/N-ethyl adjacent to an activating group) is 1. The van der Waals surface area contributed by atoms with Gasteiger partial charge in [0.1, 0.15) is 0 Å². The van der Waals surface area contributed by atoms with Gasteiger partial charge in [0.2, 0.25) is 0 Å². The molecule has 1 aromatic carbocycles. The fourth-order valence-electron chi connectivity index (χ4n) is 2.51. The molecule has 1 atom stereocenters. The fourth-order valence-corrected chi connectivity index (χ4v) is 2.51. The maximum absolute atomic E-state index is 5.64. The maximum atomic E-state index is 5.64. The Morgan fingerprint density at radius 2 is 2.24 bits per heavy atom. The molecule has 0 bridgehead atoms. The Balaban J connectivity index is 2.29. The van der Waals surface area contributed by atoms with E-state index in [4.69, 9.17) is 4.74 Å². The van der Waals surface area contributed by atoms with E-state index in [1.165, 1.54) is 16.7 Å². The average molecular weight is 233 g/mol. The van der Waals surface area contributed by atoms with Crippen LogP contribution in [0.5, 0.6) is 0 Å². The van der Waals surface area contributed by atoms with E-state index in [1.54, 1.807) is 0 Å². The smallest absolute Gasteiger partial charge is 0.0661 e. The van der Waals surface area contributed by atoms with E-state index in [2.05, 4.69) is 37.4 Å². The van der Waals surface area contributed by atoms with Crippen LogP contribution in [-0.4, -0.2) is 20.3 Å². The molecular weight excluding hydrogens is 210 g/mol. The molecule has 17 heavy (non-hydrogen) atoms. The van der Waals surface area contributed by atoms with Crippen molar-refractivity contribution in [3.8, 4) is 0 Å². The second-order valence-electron chi connectivity index (χ2n) is 5.30. The van der Waals surface area contributed by atoms with Crippen molar-refractivity contribution >= 4 is 0 Å². The average Bonchev–Trinajstić information content (AvgIpc) is 2.49. The summed E-state index contributed by atoms with van der Waals surface area (Å²) >= 11 is 0. The first-order valence-electron chi connectivity index (χ1n) is 6.57. The molecule has 0 amide bonds. The quantitative estimate of drug-likeness (QED) is 0.866. The Labute approximate surface area is 104 Å². The van der Waals surface area contributed by atoms with Crippen LogP contribution in [0.4, 0.5) is 0 Å². The molecule has 0 aromatic heterocycles. The summed E-state index contributed by atoms with van der Waals surface area (Å²) in [6.45, 7) is 6.16. The molecule has 0 aliphatic carbocycles. The van der Waals surface area contributed by atoms with Crippen LogP contribution < -0.4 is 5.32 Å². The molecule has 0 spiro atoms. The van der Waals surface area contributed by atoms with E-state index < -0.39 is 0 Å². The van der Waals surface area contributed by atoms with Crippen LogP contribution in [0.15, 0.2) is 18.2 Å². The van der Waals surface area contributed by atoms with Gasteiger partial charge in [-0.25, -0.2) is 0 Å². The van der Waals surface area contributed by atoms with Gasteiger partial charge in [-0.2, -0.15) is 0 Å². The second-order valence-corrected chi connectivity index (χ2v) is 5.30. The Hall–Kier alpha value is -0.860. The minimum absolute atomic E-state index is 0.347. The highest BCUT2D eigenvalue weighted by Crippen LogP contribution is 2.24. The topological polar surface area (TPSA) is 21.3 Å². The second kappa shape index (κ2) is 5.65. The van der Waals surface area contributed by atoms with E-state index in [9.17, 15) is 0 Å². The summed E-state index contributed by atoms with van der Waals surface area (Å²) in [6, 6.07) is 7.27. The monoisotopic (exact) mass is 233 g/mol. The summed E-state index contributed by atoms with van der Waals surface area (Å²) in [5, 5.41) is 3.36. The maximum Gasteiger partial charge on any atom is 0.0661 e. The Bertz CT molecular complexity index is 373. The highest BCUT2D eigenvalue weighted by Gasteiger charge is 2.17. The minimum Gasteiger partial charge on any atom is -0.379 e. The number of hydrogen-bond acceptors (Lipinski definition) is 2. The van der Waals surface area contributed by atoms with Crippen molar-refractivity contribution in [1.82, 2.24) is 5.32 Å². The molecule has 94 valence electrons. The van der Waals surface area contributed by atoms with Gasteiger partial charge in [-0.15, -0.1) is 0 Å². The summed E-state index contributed by atoms with van der Waals surface area (Å²) in [4.78, 5) is 0. The van der Waals surface area contributed by atoms with E-state index in [0.717, 1.165) is 26.1 Å². The van der Waals surface area contributed by atoms with Crippen LogP contribution in [0.25, 0.3) is 0 Å². The van der Waals surface area contributed by atoms with Crippen molar-refractivity contribution in [1.29, 1.82) is 0 Å². The SMILES string of the molecule is CNC1COCCc2ccc(CC(C)C)cc21. The van der Waals surface area contributed by atoms with Gasteiger partial charge < -0.3 is 10.1 Å². The van der Waals surface area contributed by atoms with Gasteiger partial charge in [0, 0.05) is 0 Å². The lowest BCUT2D eigenvalue weighted by Gasteiger charge is -2.18. The van der Waals surface area contributed by atoms with Crippen molar-refractivity contribution in [2.75, 3.05) is 20.3 Å². The fraction of sp³-hybridized carbons (Fsp3) is 0.600. The van der Waals surface area contributed by atoms with E-state index in [1.807, 2.05) is 7.05 Å². The molecule has 2 nitrogen and oxygen atoms in total. The number of hydrogen-bond donors (Lipinski definition) is 1. The van der Waals surface area contributed by atoms with Gasteiger partial charge in [0.05, 0.1) is 19.3 Å². The predicted octanol–water partition coefficient (Wildman–Crippen LogP) is 2.72. The lowest BCUT2D eigenvalue weighted by Crippen LogP contribution is -2.21. The summed E-state index contributed by atoms with van der Waals surface area (Å²) in [5.74, 6) is 0.711. The van der Waals surface area contributed by atoms with E-state index in [-0.39, 0.29) is 0 Å². The zero-order valence-electron chi connectivity index (χ0n) is 11.1. The van der Waals surface area contributed by atoms with E-state index in [0.29, 0.717) is 12.0 Å². The Morgan fingerprint density at radius 1 is 1.41 bits per heavy atom. The predicted molar refractivity (Wildman–Crippen MR) is 71.3 cm³/mol. The molecule has 1 unspecified atom stereocenters. The van der Waals surface area contributed by atoms with Crippen molar-refractivity contribution < 1.29 is 4.74 Å². The molecular formula is C15H23NO. The lowest BCUT2D eigenvalue weighted by atomic mass is 9.94. The van der Waals surface area contributed by atoms with Gasteiger partial charge in [0.15, 0.2) is 0 Å².